The van der Waals surface area contributed by atoms with Crippen molar-refractivity contribution in [3.05, 3.63) is 23.8 Å². The molecule has 1 aromatic rings. The summed E-state index contributed by atoms with van der Waals surface area (Å²) in [4.78, 5) is 0. The lowest BCUT2D eigenvalue weighted by Crippen LogP contribution is -2.06. The Labute approximate surface area is 104 Å². The fourth-order valence-electron chi connectivity index (χ4n) is 1.88. The summed E-state index contributed by atoms with van der Waals surface area (Å²) in [5.74, 6) is 2.26. The van der Waals surface area contributed by atoms with E-state index in [0.717, 1.165) is 37.3 Å². The van der Waals surface area contributed by atoms with Crippen molar-refractivity contribution in [2.24, 2.45) is 11.7 Å². The lowest BCUT2D eigenvalue weighted by atomic mass is 9.98. The van der Waals surface area contributed by atoms with Crippen LogP contribution in [-0.4, -0.2) is 20.8 Å². The number of hydrogen-bond donors (Lipinski definition) is 1. The van der Waals surface area contributed by atoms with Crippen molar-refractivity contribution in [3.8, 4) is 11.5 Å². The van der Waals surface area contributed by atoms with Crippen LogP contribution < -0.4 is 15.2 Å². The Morgan fingerprint density at radius 3 is 2.41 bits per heavy atom. The van der Waals surface area contributed by atoms with Crippen molar-refractivity contribution < 1.29 is 9.47 Å². The Bertz CT molecular complexity index is 339. The summed E-state index contributed by atoms with van der Waals surface area (Å²) in [6.07, 6.45) is 3.31. The van der Waals surface area contributed by atoms with E-state index in [4.69, 9.17) is 15.2 Å². The molecule has 1 unspecified atom stereocenters. The molecule has 3 heteroatoms. The third-order valence-corrected chi connectivity index (χ3v) is 3.03. The van der Waals surface area contributed by atoms with Gasteiger partial charge >= 0.3 is 0 Å². The first-order valence-electron chi connectivity index (χ1n) is 6.12. The molecule has 2 N–H and O–H groups in total. The molecule has 0 saturated carbocycles. The van der Waals surface area contributed by atoms with Crippen molar-refractivity contribution >= 4 is 0 Å². The molecule has 0 aliphatic rings. The number of hydrogen-bond acceptors (Lipinski definition) is 3. The maximum absolute atomic E-state index is 5.55. The fraction of sp³-hybridized carbons (Fsp3) is 0.571. The van der Waals surface area contributed by atoms with E-state index >= 15 is 0 Å². The molecule has 0 saturated heterocycles. The molecule has 0 radical (unpaired) electrons. The molecule has 0 aromatic heterocycles. The van der Waals surface area contributed by atoms with Gasteiger partial charge in [0.25, 0.3) is 0 Å². The number of aryl methyl sites for hydroxylation is 1. The molecule has 0 amide bonds. The van der Waals surface area contributed by atoms with Crippen molar-refractivity contribution in [1.29, 1.82) is 0 Å². The molecule has 17 heavy (non-hydrogen) atoms. The van der Waals surface area contributed by atoms with Crippen LogP contribution in [0.15, 0.2) is 18.2 Å². The monoisotopic (exact) mass is 237 g/mol. The number of rotatable bonds is 7. The lowest BCUT2D eigenvalue weighted by molar-refractivity contribution is 0.354. The van der Waals surface area contributed by atoms with E-state index in [1.165, 1.54) is 5.56 Å². The van der Waals surface area contributed by atoms with Crippen LogP contribution in [0.4, 0.5) is 0 Å². The molecule has 1 rings (SSSR count). The van der Waals surface area contributed by atoms with Crippen molar-refractivity contribution in [1.82, 2.24) is 0 Å². The summed E-state index contributed by atoms with van der Waals surface area (Å²) in [7, 11) is 3.32. The van der Waals surface area contributed by atoms with Gasteiger partial charge in [-0.1, -0.05) is 13.0 Å². The summed E-state index contributed by atoms with van der Waals surface area (Å²) >= 11 is 0. The average molecular weight is 237 g/mol. The topological polar surface area (TPSA) is 44.5 Å². The first-order chi connectivity index (χ1) is 8.21. The van der Waals surface area contributed by atoms with Gasteiger partial charge in [0.05, 0.1) is 14.2 Å². The van der Waals surface area contributed by atoms with E-state index in [9.17, 15) is 0 Å². The molecule has 0 bridgehead atoms. The molecule has 96 valence electrons. The van der Waals surface area contributed by atoms with Gasteiger partial charge in [-0.2, -0.15) is 0 Å². The van der Waals surface area contributed by atoms with Gasteiger partial charge < -0.3 is 15.2 Å². The van der Waals surface area contributed by atoms with E-state index in [-0.39, 0.29) is 0 Å². The standard InChI is InChI=1S/C14H23NO2/c1-11(8-9-15)4-5-12-6-7-13(16-2)14(10-12)17-3/h6-7,10-11H,4-5,8-9,15H2,1-3H3. The summed E-state index contributed by atoms with van der Waals surface area (Å²) in [6, 6.07) is 6.10. The van der Waals surface area contributed by atoms with Gasteiger partial charge in [-0.3, -0.25) is 0 Å². The highest BCUT2D eigenvalue weighted by Crippen LogP contribution is 2.28. The van der Waals surface area contributed by atoms with Crippen LogP contribution in [0, 0.1) is 5.92 Å². The lowest BCUT2D eigenvalue weighted by Gasteiger charge is -2.12. The number of ether oxygens (including phenoxy) is 2. The quantitative estimate of drug-likeness (QED) is 0.793. The van der Waals surface area contributed by atoms with Crippen LogP contribution in [0.1, 0.15) is 25.3 Å². The number of benzene rings is 1. The maximum atomic E-state index is 5.55. The second-order valence-electron chi connectivity index (χ2n) is 4.41. The zero-order chi connectivity index (χ0) is 12.7. The Kier molecular flexibility index (Phi) is 5.84. The molecule has 1 aromatic carbocycles. The van der Waals surface area contributed by atoms with Gasteiger partial charge in [0.2, 0.25) is 0 Å². The molecule has 1 atom stereocenters. The molecule has 0 aliphatic heterocycles. The number of methoxy groups -OCH3 is 2. The minimum atomic E-state index is 0.674. The summed E-state index contributed by atoms with van der Waals surface area (Å²) < 4.78 is 10.5. The predicted molar refractivity (Wildman–Crippen MR) is 70.7 cm³/mol. The van der Waals surface area contributed by atoms with Crippen LogP contribution in [0.3, 0.4) is 0 Å². The highest BCUT2D eigenvalue weighted by molar-refractivity contribution is 5.42. The van der Waals surface area contributed by atoms with E-state index in [0.29, 0.717) is 5.92 Å². The third-order valence-electron chi connectivity index (χ3n) is 3.03. The third kappa shape index (κ3) is 4.27. The summed E-state index contributed by atoms with van der Waals surface area (Å²) in [6.45, 7) is 3.01. The van der Waals surface area contributed by atoms with E-state index < -0.39 is 0 Å². The van der Waals surface area contributed by atoms with Crippen molar-refractivity contribution in [3.63, 3.8) is 0 Å². The Morgan fingerprint density at radius 2 is 1.82 bits per heavy atom. The average Bonchev–Trinajstić information content (AvgIpc) is 2.36. The smallest absolute Gasteiger partial charge is 0.160 e. The van der Waals surface area contributed by atoms with Gasteiger partial charge in [0.1, 0.15) is 0 Å². The summed E-state index contributed by atoms with van der Waals surface area (Å²) in [5, 5.41) is 0. The van der Waals surface area contributed by atoms with Gasteiger partial charge in [-0.25, -0.2) is 0 Å². The van der Waals surface area contributed by atoms with Gasteiger partial charge in [0, 0.05) is 0 Å². The van der Waals surface area contributed by atoms with E-state index in [1.54, 1.807) is 14.2 Å². The summed E-state index contributed by atoms with van der Waals surface area (Å²) in [5.41, 5.74) is 6.83. The van der Waals surface area contributed by atoms with Crippen LogP contribution in [0.25, 0.3) is 0 Å². The van der Waals surface area contributed by atoms with Crippen LogP contribution in [-0.2, 0) is 6.42 Å². The van der Waals surface area contributed by atoms with Crippen molar-refractivity contribution in [2.45, 2.75) is 26.2 Å². The Balaban J connectivity index is 2.60. The van der Waals surface area contributed by atoms with Crippen LogP contribution in [0.5, 0.6) is 11.5 Å². The van der Waals surface area contributed by atoms with Gasteiger partial charge in [-0.05, 0) is 49.4 Å². The molecule has 0 fully saturated rings. The van der Waals surface area contributed by atoms with Gasteiger partial charge in [-0.15, -0.1) is 0 Å². The molecule has 0 heterocycles. The largest absolute Gasteiger partial charge is 0.493 e. The zero-order valence-electron chi connectivity index (χ0n) is 11.0. The Morgan fingerprint density at radius 1 is 1.12 bits per heavy atom. The fourth-order valence-corrected chi connectivity index (χ4v) is 1.88. The molecule has 0 spiro atoms. The molecular formula is C14H23NO2. The Hall–Kier alpha value is -1.22. The number of nitrogens with two attached hydrogens (primary N) is 1. The zero-order valence-corrected chi connectivity index (χ0v) is 11.0. The highest BCUT2D eigenvalue weighted by Gasteiger charge is 2.06. The van der Waals surface area contributed by atoms with Crippen LogP contribution in [0.2, 0.25) is 0 Å². The van der Waals surface area contributed by atoms with E-state index in [1.807, 2.05) is 12.1 Å². The van der Waals surface area contributed by atoms with Gasteiger partial charge in [0.15, 0.2) is 11.5 Å². The highest BCUT2D eigenvalue weighted by atomic mass is 16.5. The minimum absolute atomic E-state index is 0.674. The first-order valence-corrected chi connectivity index (χ1v) is 6.12. The minimum Gasteiger partial charge on any atom is -0.493 e. The second-order valence-corrected chi connectivity index (χ2v) is 4.41. The maximum Gasteiger partial charge on any atom is 0.160 e. The van der Waals surface area contributed by atoms with Crippen molar-refractivity contribution in [2.75, 3.05) is 20.8 Å². The molecular weight excluding hydrogens is 214 g/mol. The molecule has 0 aliphatic carbocycles. The molecule has 3 nitrogen and oxygen atoms in total. The predicted octanol–water partition coefficient (Wildman–Crippen LogP) is 2.62. The normalized spacial score (nSPS) is 12.2. The first kappa shape index (κ1) is 13.8. The van der Waals surface area contributed by atoms with Crippen LogP contribution >= 0.6 is 0 Å². The second kappa shape index (κ2) is 7.17. The SMILES string of the molecule is COc1ccc(CCC(C)CCN)cc1OC. The van der Waals surface area contributed by atoms with E-state index in [2.05, 4.69) is 13.0 Å².